The number of nitrogens with two attached hydrogens (primary N) is 2. The number of aryl methyl sites for hydroxylation is 1. The highest BCUT2D eigenvalue weighted by Gasteiger charge is 2.45. The molecule has 9 nitrogen and oxygen atoms in total. The zero-order valence-corrected chi connectivity index (χ0v) is 19.0. The summed E-state index contributed by atoms with van der Waals surface area (Å²) in [6, 6.07) is 5.31. The van der Waals surface area contributed by atoms with Crippen molar-refractivity contribution >= 4 is 34.3 Å². The number of pyridine rings is 3. The second kappa shape index (κ2) is 8.40. The summed E-state index contributed by atoms with van der Waals surface area (Å²) in [7, 11) is 0. The van der Waals surface area contributed by atoms with Gasteiger partial charge >= 0.3 is 6.03 Å². The van der Waals surface area contributed by atoms with Crippen LogP contribution < -0.4 is 16.8 Å². The third-order valence-corrected chi connectivity index (χ3v) is 6.96. The molecule has 0 radical (unpaired) electrons. The summed E-state index contributed by atoms with van der Waals surface area (Å²) in [4.78, 5) is 38.7. The average molecular weight is 458 g/mol. The predicted octanol–water partition coefficient (Wildman–Crippen LogP) is 3.40. The predicted molar refractivity (Wildman–Crippen MR) is 131 cm³/mol. The van der Waals surface area contributed by atoms with E-state index in [0.29, 0.717) is 11.6 Å². The molecule has 1 saturated heterocycles. The number of carbonyl (C=O) groups excluding carboxylic acids is 2. The van der Waals surface area contributed by atoms with Crippen molar-refractivity contribution in [3.8, 4) is 11.3 Å². The van der Waals surface area contributed by atoms with Gasteiger partial charge in [-0.15, -0.1) is 0 Å². The smallest absolute Gasteiger partial charge is 0.314 e. The number of rotatable bonds is 3. The van der Waals surface area contributed by atoms with Crippen molar-refractivity contribution < 1.29 is 9.59 Å². The number of likely N-dealkylation sites (tertiary alicyclic amines) is 1. The van der Waals surface area contributed by atoms with Gasteiger partial charge in [-0.3, -0.25) is 9.78 Å². The van der Waals surface area contributed by atoms with Crippen LogP contribution in [0.5, 0.6) is 0 Å². The summed E-state index contributed by atoms with van der Waals surface area (Å²) >= 11 is 0. The van der Waals surface area contributed by atoms with Crippen LogP contribution in [0, 0.1) is 12.3 Å². The normalized spacial score (nSPS) is 16.9. The van der Waals surface area contributed by atoms with E-state index in [1.54, 1.807) is 29.6 Å². The lowest BCUT2D eigenvalue weighted by Crippen LogP contribution is -2.60. The Balaban J connectivity index is 1.29. The third kappa shape index (κ3) is 4.16. The molecule has 1 aliphatic heterocycles. The molecule has 4 heterocycles. The summed E-state index contributed by atoms with van der Waals surface area (Å²) in [5.41, 5.74) is 15.5. The molecule has 5 rings (SSSR count). The quantitative estimate of drug-likeness (QED) is 0.515. The van der Waals surface area contributed by atoms with Gasteiger partial charge in [-0.05, 0) is 61.8 Å². The highest BCUT2D eigenvalue weighted by molar-refractivity contribution is 6.01. The zero-order chi connectivity index (χ0) is 23.9. The summed E-state index contributed by atoms with van der Waals surface area (Å²) in [6.45, 7) is 3.44. The number of allylic oxidation sites excluding steroid dienone is 1. The van der Waals surface area contributed by atoms with Crippen molar-refractivity contribution in [1.29, 1.82) is 0 Å². The van der Waals surface area contributed by atoms with E-state index < -0.39 is 0 Å². The Morgan fingerprint density at radius 2 is 1.94 bits per heavy atom. The standard InChI is InChI=1S/C25H27N7O2/c1-15-4-7-28-11-18(15)20-9-17-10-21(29-12-19(17)23(26)30-20)31-22(33)8-16-2-5-25(6-3-16)13-32(14-25)24(27)34/h4,7-12H,2-3,5-6,13-14H2,1H3,(H2,26,30)(H2,27,34)(H,29,31,33). The topological polar surface area (TPSA) is 140 Å². The molecule has 3 aromatic rings. The van der Waals surface area contributed by atoms with Gasteiger partial charge in [0.15, 0.2) is 0 Å². The van der Waals surface area contributed by atoms with Crippen molar-refractivity contribution in [3.05, 3.63) is 54.0 Å². The number of hydrogen-bond acceptors (Lipinski definition) is 6. The van der Waals surface area contributed by atoms with E-state index in [2.05, 4.69) is 20.3 Å². The van der Waals surface area contributed by atoms with Crippen LogP contribution in [0.25, 0.3) is 22.0 Å². The molecule has 1 saturated carbocycles. The summed E-state index contributed by atoms with van der Waals surface area (Å²) in [6.07, 6.45) is 10.4. The van der Waals surface area contributed by atoms with Crippen LogP contribution >= 0.6 is 0 Å². The van der Waals surface area contributed by atoms with E-state index in [1.807, 2.05) is 25.1 Å². The number of nitrogen functional groups attached to an aromatic ring is 1. The lowest BCUT2D eigenvalue weighted by Gasteiger charge is -2.52. The van der Waals surface area contributed by atoms with Gasteiger partial charge in [-0.2, -0.15) is 0 Å². The Labute approximate surface area is 197 Å². The second-order valence-electron chi connectivity index (χ2n) is 9.36. The molecule has 174 valence electrons. The largest absolute Gasteiger partial charge is 0.383 e. The van der Waals surface area contributed by atoms with Gasteiger partial charge in [0.05, 0.1) is 5.69 Å². The lowest BCUT2D eigenvalue weighted by atomic mass is 9.67. The molecule has 1 aliphatic carbocycles. The average Bonchev–Trinajstić information content (AvgIpc) is 2.78. The fraction of sp³-hybridized carbons (Fsp3) is 0.320. The van der Waals surface area contributed by atoms with Crippen LogP contribution in [-0.2, 0) is 4.79 Å². The van der Waals surface area contributed by atoms with E-state index in [9.17, 15) is 9.59 Å². The molecule has 0 atom stereocenters. The summed E-state index contributed by atoms with van der Waals surface area (Å²) in [5, 5.41) is 4.44. The van der Waals surface area contributed by atoms with E-state index >= 15 is 0 Å². The van der Waals surface area contributed by atoms with Crippen LogP contribution in [-0.4, -0.2) is 44.9 Å². The maximum atomic E-state index is 12.7. The minimum atomic E-state index is -0.352. The molecule has 2 fully saturated rings. The minimum Gasteiger partial charge on any atom is -0.383 e. The second-order valence-corrected chi connectivity index (χ2v) is 9.36. The van der Waals surface area contributed by atoms with Crippen molar-refractivity contribution in [2.45, 2.75) is 32.6 Å². The van der Waals surface area contributed by atoms with E-state index in [1.165, 1.54) is 0 Å². The van der Waals surface area contributed by atoms with E-state index in [-0.39, 0.29) is 17.4 Å². The third-order valence-electron chi connectivity index (χ3n) is 6.96. The van der Waals surface area contributed by atoms with Crippen LogP contribution in [0.3, 0.4) is 0 Å². The van der Waals surface area contributed by atoms with Gasteiger partial charge in [0.1, 0.15) is 11.6 Å². The lowest BCUT2D eigenvalue weighted by molar-refractivity contribution is -0.112. The molecule has 34 heavy (non-hydrogen) atoms. The Kier molecular flexibility index (Phi) is 5.39. The number of amides is 3. The maximum Gasteiger partial charge on any atom is 0.314 e. The number of aromatic nitrogens is 3. The molecule has 3 aromatic heterocycles. The van der Waals surface area contributed by atoms with Crippen molar-refractivity contribution in [1.82, 2.24) is 19.9 Å². The number of nitrogens with one attached hydrogen (secondary N) is 1. The van der Waals surface area contributed by atoms with Crippen molar-refractivity contribution in [3.63, 3.8) is 0 Å². The molecule has 0 aromatic carbocycles. The molecule has 3 amide bonds. The monoisotopic (exact) mass is 457 g/mol. The molecule has 0 unspecified atom stereocenters. The van der Waals surface area contributed by atoms with Gasteiger partial charge in [0, 0.05) is 54.1 Å². The van der Waals surface area contributed by atoms with E-state index in [4.69, 9.17) is 11.5 Å². The number of primary amides is 1. The van der Waals surface area contributed by atoms with Crippen molar-refractivity contribution in [2.24, 2.45) is 11.1 Å². The first-order valence-corrected chi connectivity index (χ1v) is 11.3. The van der Waals surface area contributed by atoms with Gasteiger partial charge in [0.25, 0.3) is 0 Å². The van der Waals surface area contributed by atoms with Crippen LogP contribution in [0.1, 0.15) is 31.2 Å². The Morgan fingerprint density at radius 1 is 1.18 bits per heavy atom. The molecular formula is C25H27N7O2. The van der Waals surface area contributed by atoms with Crippen LogP contribution in [0.15, 0.2) is 48.4 Å². The number of hydrogen-bond donors (Lipinski definition) is 3. The molecule has 9 heteroatoms. The zero-order valence-electron chi connectivity index (χ0n) is 19.0. The first-order chi connectivity index (χ1) is 16.3. The highest BCUT2D eigenvalue weighted by Crippen LogP contribution is 2.45. The van der Waals surface area contributed by atoms with Gasteiger partial charge in [-0.1, -0.05) is 5.57 Å². The SMILES string of the molecule is Cc1ccncc1-c1cc2cc(NC(=O)C=C3CCC4(CC3)CN(C(N)=O)C4)ncc2c(N)n1. The molecule has 0 bridgehead atoms. The Hall–Kier alpha value is -4.01. The molecule has 1 spiro atoms. The number of nitrogens with zero attached hydrogens (tertiary/aromatic N) is 4. The number of fused-ring (bicyclic) bond motifs is 1. The first-order valence-electron chi connectivity index (χ1n) is 11.3. The summed E-state index contributed by atoms with van der Waals surface area (Å²) < 4.78 is 0. The van der Waals surface area contributed by atoms with Gasteiger partial charge in [-0.25, -0.2) is 14.8 Å². The highest BCUT2D eigenvalue weighted by atomic mass is 16.2. The van der Waals surface area contributed by atoms with Gasteiger partial charge < -0.3 is 21.7 Å². The fourth-order valence-corrected chi connectivity index (χ4v) is 4.94. The molecule has 5 N–H and O–H groups in total. The minimum absolute atomic E-state index is 0.168. The van der Waals surface area contributed by atoms with Crippen LogP contribution in [0.2, 0.25) is 0 Å². The van der Waals surface area contributed by atoms with E-state index in [0.717, 1.165) is 71.9 Å². The number of carbonyl (C=O) groups is 2. The number of anilines is 2. The van der Waals surface area contributed by atoms with Gasteiger partial charge in [0.2, 0.25) is 5.91 Å². The molecule has 2 aliphatic rings. The molecular weight excluding hydrogens is 430 g/mol. The summed E-state index contributed by atoms with van der Waals surface area (Å²) in [5.74, 6) is 0.637. The Bertz CT molecular complexity index is 1320. The first kappa shape index (κ1) is 21.8. The fourth-order valence-electron chi connectivity index (χ4n) is 4.94. The van der Waals surface area contributed by atoms with Crippen LogP contribution in [0.4, 0.5) is 16.4 Å². The maximum absolute atomic E-state index is 12.7. The van der Waals surface area contributed by atoms with Crippen molar-refractivity contribution in [2.75, 3.05) is 24.1 Å². The Morgan fingerprint density at radius 3 is 2.65 bits per heavy atom. The number of urea groups is 1.